The molecule has 0 aromatic heterocycles. The Morgan fingerprint density at radius 3 is 2.39 bits per heavy atom. The number of benzene rings is 2. The van der Waals surface area contributed by atoms with Crippen molar-refractivity contribution in [1.29, 1.82) is 0 Å². The Bertz CT molecular complexity index is 831. The zero-order valence-electron chi connectivity index (χ0n) is 14.6. The molecule has 0 radical (unpaired) electrons. The molecule has 0 aliphatic heterocycles. The van der Waals surface area contributed by atoms with Crippen LogP contribution in [0.3, 0.4) is 0 Å². The first-order valence-electron chi connectivity index (χ1n) is 8.32. The molecule has 2 aromatic rings. The molecule has 4 N–H and O–H groups in total. The minimum atomic E-state index is -1.81. The van der Waals surface area contributed by atoms with E-state index in [1.54, 1.807) is 24.3 Å². The molecule has 150 valence electrons. The summed E-state index contributed by atoms with van der Waals surface area (Å²) in [6.45, 7) is -0.0403. The van der Waals surface area contributed by atoms with E-state index in [0.29, 0.717) is 12.1 Å². The van der Waals surface area contributed by atoms with Crippen molar-refractivity contribution in [2.75, 3.05) is 6.54 Å². The molecule has 0 bridgehead atoms. The van der Waals surface area contributed by atoms with Gasteiger partial charge in [0, 0.05) is 12.1 Å². The van der Waals surface area contributed by atoms with E-state index in [9.17, 15) is 28.6 Å². The Morgan fingerprint density at radius 2 is 1.75 bits per heavy atom. The van der Waals surface area contributed by atoms with Crippen LogP contribution in [0, 0.1) is 11.6 Å². The Hall–Kier alpha value is -3.04. The minimum absolute atomic E-state index is 0.0538. The first-order valence-corrected chi connectivity index (χ1v) is 8.32. The maximum atomic E-state index is 13.9. The molecular formula is C19H19F2NO6. The number of hydrogen-bond donors (Lipinski definition) is 4. The number of carbonyl (C=O) groups is 2. The van der Waals surface area contributed by atoms with Gasteiger partial charge in [-0.3, -0.25) is 0 Å². The van der Waals surface area contributed by atoms with Crippen LogP contribution in [0.15, 0.2) is 42.5 Å². The largest absolute Gasteiger partial charge is 0.478 e. The number of alkyl carbamates (subject to hydrolysis) is 1. The fraction of sp³-hybridized carbons (Fsp3) is 0.263. The summed E-state index contributed by atoms with van der Waals surface area (Å²) in [5, 5.41) is 31.0. The number of carboxylic acids is 1. The number of rotatable bonds is 8. The van der Waals surface area contributed by atoms with Gasteiger partial charge in [-0.05, 0) is 24.1 Å². The van der Waals surface area contributed by atoms with Gasteiger partial charge in [0.1, 0.15) is 24.3 Å². The zero-order chi connectivity index (χ0) is 20.7. The van der Waals surface area contributed by atoms with E-state index in [4.69, 9.17) is 9.84 Å². The third-order valence-corrected chi connectivity index (χ3v) is 3.92. The van der Waals surface area contributed by atoms with Crippen LogP contribution in [0.1, 0.15) is 34.0 Å². The van der Waals surface area contributed by atoms with Crippen LogP contribution in [0.5, 0.6) is 0 Å². The molecule has 0 fully saturated rings. The number of amides is 1. The summed E-state index contributed by atoms with van der Waals surface area (Å²) < 4.78 is 32.6. The topological polar surface area (TPSA) is 116 Å². The molecule has 9 heteroatoms. The second-order valence-corrected chi connectivity index (χ2v) is 5.95. The molecule has 2 unspecified atom stereocenters. The Kier molecular flexibility index (Phi) is 7.42. The number of aromatic carboxylic acids is 1. The van der Waals surface area contributed by atoms with E-state index in [-0.39, 0.29) is 19.6 Å². The second kappa shape index (κ2) is 9.77. The van der Waals surface area contributed by atoms with Crippen molar-refractivity contribution < 1.29 is 38.4 Å². The molecule has 0 saturated carbocycles. The predicted octanol–water partition coefficient (Wildman–Crippen LogP) is 2.37. The first kappa shape index (κ1) is 21.3. The highest BCUT2D eigenvalue weighted by atomic mass is 19.1. The van der Waals surface area contributed by atoms with Gasteiger partial charge in [-0.25, -0.2) is 18.4 Å². The van der Waals surface area contributed by atoms with Crippen molar-refractivity contribution in [3.8, 4) is 0 Å². The fourth-order valence-corrected chi connectivity index (χ4v) is 2.41. The lowest BCUT2D eigenvalue weighted by Gasteiger charge is -2.19. The quantitative estimate of drug-likeness (QED) is 0.545. The molecule has 0 spiro atoms. The maximum absolute atomic E-state index is 13.9. The van der Waals surface area contributed by atoms with Crippen molar-refractivity contribution in [2.24, 2.45) is 0 Å². The number of nitrogens with one attached hydrogen (secondary N) is 1. The summed E-state index contributed by atoms with van der Waals surface area (Å²) in [6, 6.07) is 9.91. The number of carboxylic acid groups (broad SMARTS) is 1. The summed E-state index contributed by atoms with van der Waals surface area (Å²) in [4.78, 5) is 22.4. The van der Waals surface area contributed by atoms with Crippen LogP contribution >= 0.6 is 0 Å². The first-order chi connectivity index (χ1) is 13.3. The smallest absolute Gasteiger partial charge is 0.407 e. The highest BCUT2D eigenvalue weighted by Gasteiger charge is 2.25. The second-order valence-electron chi connectivity index (χ2n) is 5.95. The molecule has 0 heterocycles. The lowest BCUT2D eigenvalue weighted by Crippen LogP contribution is -2.30. The van der Waals surface area contributed by atoms with Gasteiger partial charge in [-0.2, -0.15) is 0 Å². The van der Waals surface area contributed by atoms with Crippen molar-refractivity contribution in [3.63, 3.8) is 0 Å². The number of aliphatic hydroxyl groups excluding tert-OH is 2. The van der Waals surface area contributed by atoms with Crippen molar-refractivity contribution in [2.45, 2.75) is 25.2 Å². The van der Waals surface area contributed by atoms with Crippen molar-refractivity contribution in [3.05, 3.63) is 70.8 Å². The SMILES string of the molecule is O=C(NCCC(O)C(O)c1cc(F)c(C(=O)O)cc1F)OCc1ccccc1. The molecular weight excluding hydrogens is 376 g/mol. The fourth-order valence-electron chi connectivity index (χ4n) is 2.41. The van der Waals surface area contributed by atoms with Gasteiger partial charge in [0.2, 0.25) is 0 Å². The van der Waals surface area contributed by atoms with Crippen LogP contribution in [0.4, 0.5) is 13.6 Å². The van der Waals surface area contributed by atoms with Gasteiger partial charge in [0.05, 0.1) is 11.7 Å². The molecule has 2 atom stereocenters. The Labute approximate surface area is 159 Å². The molecule has 7 nitrogen and oxygen atoms in total. The van der Waals surface area contributed by atoms with Gasteiger partial charge < -0.3 is 25.4 Å². The molecule has 0 saturated heterocycles. The monoisotopic (exact) mass is 395 g/mol. The Balaban J connectivity index is 1.84. The summed E-state index contributed by atoms with van der Waals surface area (Å²) in [6.07, 6.45) is -4.25. The minimum Gasteiger partial charge on any atom is -0.478 e. The predicted molar refractivity (Wildman–Crippen MR) is 93.5 cm³/mol. The van der Waals surface area contributed by atoms with Crippen LogP contribution in [0.2, 0.25) is 0 Å². The van der Waals surface area contributed by atoms with Crippen molar-refractivity contribution in [1.82, 2.24) is 5.32 Å². The van der Waals surface area contributed by atoms with Crippen LogP contribution in [-0.2, 0) is 11.3 Å². The highest BCUT2D eigenvalue weighted by molar-refractivity contribution is 5.88. The summed E-state index contributed by atoms with van der Waals surface area (Å²) in [5.74, 6) is -4.06. The average Bonchev–Trinajstić information content (AvgIpc) is 2.67. The van der Waals surface area contributed by atoms with E-state index < -0.39 is 47.0 Å². The molecule has 1 amide bonds. The van der Waals surface area contributed by atoms with Crippen LogP contribution in [-0.4, -0.2) is 40.0 Å². The average molecular weight is 395 g/mol. The third kappa shape index (κ3) is 5.73. The van der Waals surface area contributed by atoms with E-state index in [1.165, 1.54) is 0 Å². The number of hydrogen-bond acceptors (Lipinski definition) is 5. The van der Waals surface area contributed by atoms with E-state index >= 15 is 0 Å². The summed E-state index contributed by atoms with van der Waals surface area (Å²) >= 11 is 0. The molecule has 2 rings (SSSR count). The molecule has 2 aromatic carbocycles. The van der Waals surface area contributed by atoms with Crippen LogP contribution in [0.25, 0.3) is 0 Å². The standard InChI is InChI=1S/C19H19F2NO6/c20-14-9-13(18(25)26)15(21)8-12(14)17(24)16(23)6-7-22-19(27)28-10-11-4-2-1-3-5-11/h1-5,8-9,16-17,23-24H,6-7,10H2,(H,22,27)(H,25,26). The van der Waals surface area contributed by atoms with Gasteiger partial charge in [0.15, 0.2) is 0 Å². The van der Waals surface area contributed by atoms with Gasteiger partial charge in [-0.1, -0.05) is 30.3 Å². The molecule has 0 aliphatic carbocycles. The molecule has 0 aliphatic rings. The van der Waals surface area contributed by atoms with Crippen molar-refractivity contribution >= 4 is 12.1 Å². The summed E-state index contributed by atoms with van der Waals surface area (Å²) in [5.41, 5.74) is -0.678. The van der Waals surface area contributed by atoms with Crippen LogP contribution < -0.4 is 5.32 Å². The lowest BCUT2D eigenvalue weighted by molar-refractivity contribution is 0.0114. The van der Waals surface area contributed by atoms with Gasteiger partial charge >= 0.3 is 12.1 Å². The Morgan fingerprint density at radius 1 is 1.07 bits per heavy atom. The third-order valence-electron chi connectivity index (χ3n) is 3.92. The summed E-state index contributed by atoms with van der Waals surface area (Å²) in [7, 11) is 0. The number of carbonyl (C=O) groups excluding carboxylic acids is 1. The van der Waals surface area contributed by atoms with Gasteiger partial charge in [-0.15, -0.1) is 0 Å². The zero-order valence-corrected chi connectivity index (χ0v) is 14.6. The van der Waals surface area contributed by atoms with E-state index in [0.717, 1.165) is 5.56 Å². The van der Waals surface area contributed by atoms with Gasteiger partial charge in [0.25, 0.3) is 0 Å². The number of ether oxygens (including phenoxy) is 1. The van der Waals surface area contributed by atoms with E-state index in [1.807, 2.05) is 6.07 Å². The number of aliphatic hydroxyl groups is 2. The highest BCUT2D eigenvalue weighted by Crippen LogP contribution is 2.24. The normalized spacial score (nSPS) is 12.9. The lowest BCUT2D eigenvalue weighted by atomic mass is 9.99. The number of halogens is 2. The maximum Gasteiger partial charge on any atom is 0.407 e. The molecule has 28 heavy (non-hydrogen) atoms. The van der Waals surface area contributed by atoms with E-state index in [2.05, 4.69) is 5.32 Å².